The zero-order chi connectivity index (χ0) is 16.1. The number of hydrogen-bond acceptors (Lipinski definition) is 5. The van der Waals surface area contributed by atoms with Gasteiger partial charge in [-0.2, -0.15) is 0 Å². The van der Waals surface area contributed by atoms with Gasteiger partial charge in [-0.1, -0.05) is 12.1 Å². The van der Waals surface area contributed by atoms with Crippen LogP contribution >= 0.6 is 0 Å². The molecular formula is C15H17N3O4. The van der Waals surface area contributed by atoms with E-state index in [0.717, 1.165) is 0 Å². The van der Waals surface area contributed by atoms with Gasteiger partial charge in [0, 0.05) is 12.8 Å². The number of nitrogens with zero attached hydrogens (tertiary/aromatic N) is 1. The average Bonchev–Trinajstić information content (AvgIpc) is 2.51. The van der Waals surface area contributed by atoms with Crippen LogP contribution in [0.3, 0.4) is 0 Å². The Morgan fingerprint density at radius 1 is 1.36 bits per heavy atom. The summed E-state index contributed by atoms with van der Waals surface area (Å²) in [5.41, 5.74) is 1.30. The number of rotatable bonds is 5. The van der Waals surface area contributed by atoms with Gasteiger partial charge < -0.3 is 15.0 Å². The predicted molar refractivity (Wildman–Crippen MR) is 80.3 cm³/mol. The van der Waals surface area contributed by atoms with Crippen LogP contribution in [0.15, 0.2) is 29.1 Å². The van der Waals surface area contributed by atoms with Crippen molar-refractivity contribution < 1.29 is 14.3 Å². The van der Waals surface area contributed by atoms with Crippen LogP contribution in [-0.2, 0) is 20.7 Å². The van der Waals surface area contributed by atoms with E-state index in [1.165, 1.54) is 14.0 Å². The summed E-state index contributed by atoms with van der Waals surface area (Å²) in [6.45, 7) is 1.53. The fraction of sp³-hybridized carbons (Fsp3) is 0.333. The van der Waals surface area contributed by atoms with Crippen molar-refractivity contribution in [1.82, 2.24) is 15.3 Å². The summed E-state index contributed by atoms with van der Waals surface area (Å²) in [7, 11) is 1.25. The summed E-state index contributed by atoms with van der Waals surface area (Å²) < 4.78 is 4.52. The number of aromatic nitrogens is 2. The fourth-order valence-corrected chi connectivity index (χ4v) is 2.02. The Bertz CT molecular complexity index is 754. The van der Waals surface area contributed by atoms with Gasteiger partial charge >= 0.3 is 5.97 Å². The third-order valence-corrected chi connectivity index (χ3v) is 3.19. The van der Waals surface area contributed by atoms with Crippen LogP contribution in [0, 0.1) is 0 Å². The first-order valence-electron chi connectivity index (χ1n) is 6.86. The summed E-state index contributed by atoms with van der Waals surface area (Å²) in [4.78, 5) is 41.9. The maximum atomic E-state index is 11.9. The van der Waals surface area contributed by atoms with Crippen molar-refractivity contribution in [3.63, 3.8) is 0 Å². The lowest BCUT2D eigenvalue weighted by Crippen LogP contribution is -2.39. The SMILES string of the molecule is COC(=O)[C@@H](C)NC(=O)CCc1nc2ccccc2[nH]c1=O. The van der Waals surface area contributed by atoms with Gasteiger partial charge in [-0.25, -0.2) is 9.78 Å². The number of H-pyrrole nitrogens is 1. The Balaban J connectivity index is 2.02. The molecule has 1 aromatic heterocycles. The van der Waals surface area contributed by atoms with Crippen molar-refractivity contribution >= 4 is 22.9 Å². The summed E-state index contributed by atoms with van der Waals surface area (Å²) >= 11 is 0. The summed E-state index contributed by atoms with van der Waals surface area (Å²) in [5.74, 6) is -0.859. The molecule has 0 saturated carbocycles. The van der Waals surface area contributed by atoms with E-state index in [9.17, 15) is 14.4 Å². The number of aromatic amines is 1. The van der Waals surface area contributed by atoms with Gasteiger partial charge in [-0.15, -0.1) is 0 Å². The van der Waals surface area contributed by atoms with Crippen molar-refractivity contribution in [1.29, 1.82) is 0 Å². The molecule has 1 aromatic carbocycles. The number of carbonyl (C=O) groups excluding carboxylic acids is 2. The smallest absolute Gasteiger partial charge is 0.328 e. The Kier molecular flexibility index (Phi) is 4.88. The maximum absolute atomic E-state index is 11.9. The lowest BCUT2D eigenvalue weighted by atomic mass is 10.2. The molecule has 1 heterocycles. The minimum absolute atomic E-state index is 0.0652. The molecule has 2 rings (SSSR count). The quantitative estimate of drug-likeness (QED) is 0.785. The van der Waals surface area contributed by atoms with Gasteiger partial charge in [-0.05, 0) is 19.1 Å². The normalized spacial score (nSPS) is 11.9. The molecule has 0 bridgehead atoms. The topological polar surface area (TPSA) is 101 Å². The number of methoxy groups -OCH3 is 1. The lowest BCUT2D eigenvalue weighted by molar-refractivity contribution is -0.144. The highest BCUT2D eigenvalue weighted by atomic mass is 16.5. The number of ether oxygens (including phenoxy) is 1. The van der Waals surface area contributed by atoms with Gasteiger partial charge in [-0.3, -0.25) is 9.59 Å². The van der Waals surface area contributed by atoms with Crippen LogP contribution in [0.1, 0.15) is 19.0 Å². The van der Waals surface area contributed by atoms with Gasteiger partial charge in [0.15, 0.2) is 0 Å². The number of nitrogens with one attached hydrogen (secondary N) is 2. The first-order valence-corrected chi connectivity index (χ1v) is 6.86. The largest absolute Gasteiger partial charge is 0.467 e. The molecular weight excluding hydrogens is 286 g/mol. The molecule has 0 saturated heterocycles. The molecule has 22 heavy (non-hydrogen) atoms. The molecule has 0 fully saturated rings. The average molecular weight is 303 g/mol. The van der Waals surface area contributed by atoms with Gasteiger partial charge in [0.1, 0.15) is 11.7 Å². The Morgan fingerprint density at radius 2 is 2.09 bits per heavy atom. The molecule has 0 aliphatic carbocycles. The van der Waals surface area contributed by atoms with Crippen LogP contribution < -0.4 is 10.9 Å². The molecule has 7 heteroatoms. The first-order chi connectivity index (χ1) is 10.5. The molecule has 0 aliphatic heterocycles. The van der Waals surface area contributed by atoms with E-state index in [4.69, 9.17) is 0 Å². The molecule has 1 amide bonds. The van der Waals surface area contributed by atoms with E-state index in [2.05, 4.69) is 20.0 Å². The van der Waals surface area contributed by atoms with E-state index in [1.54, 1.807) is 18.2 Å². The molecule has 1 atom stereocenters. The van der Waals surface area contributed by atoms with E-state index < -0.39 is 12.0 Å². The minimum Gasteiger partial charge on any atom is -0.467 e. The van der Waals surface area contributed by atoms with E-state index in [1.807, 2.05) is 6.07 Å². The number of para-hydroxylation sites is 2. The highest BCUT2D eigenvalue weighted by molar-refractivity contribution is 5.84. The molecule has 0 radical (unpaired) electrons. The number of hydrogen-bond donors (Lipinski definition) is 2. The second kappa shape index (κ2) is 6.84. The molecule has 116 valence electrons. The first kappa shape index (κ1) is 15.7. The van der Waals surface area contributed by atoms with Crippen LogP contribution in [0.4, 0.5) is 0 Å². The van der Waals surface area contributed by atoms with Crippen LogP contribution in [0.2, 0.25) is 0 Å². The lowest BCUT2D eigenvalue weighted by Gasteiger charge is -2.11. The molecule has 2 aromatic rings. The number of esters is 1. The standard InChI is InChI=1S/C15H17N3O4/c1-9(15(21)22-2)16-13(19)8-7-12-14(20)18-11-6-4-3-5-10(11)17-12/h3-6,9H,7-8H2,1-2H3,(H,16,19)(H,18,20)/t9-/m1/s1. The summed E-state index contributed by atoms with van der Waals surface area (Å²) in [6, 6.07) is 6.45. The number of fused-ring (bicyclic) bond motifs is 1. The third kappa shape index (κ3) is 3.69. The fourth-order valence-electron chi connectivity index (χ4n) is 2.02. The molecule has 0 unspecified atom stereocenters. The third-order valence-electron chi connectivity index (χ3n) is 3.19. The van der Waals surface area contributed by atoms with Crippen molar-refractivity contribution in [2.24, 2.45) is 0 Å². The zero-order valence-corrected chi connectivity index (χ0v) is 12.4. The monoisotopic (exact) mass is 303 g/mol. The van der Waals surface area contributed by atoms with Crippen LogP contribution in [-0.4, -0.2) is 35.0 Å². The van der Waals surface area contributed by atoms with Gasteiger partial charge in [0.25, 0.3) is 5.56 Å². The Morgan fingerprint density at radius 3 is 2.82 bits per heavy atom. The summed E-state index contributed by atoms with van der Waals surface area (Å²) in [6.07, 6.45) is 0.260. The summed E-state index contributed by atoms with van der Waals surface area (Å²) in [5, 5.41) is 2.50. The predicted octanol–water partition coefficient (Wildman–Crippen LogP) is 0.533. The van der Waals surface area contributed by atoms with Crippen molar-refractivity contribution in [2.75, 3.05) is 7.11 Å². The minimum atomic E-state index is -0.722. The highest BCUT2D eigenvalue weighted by Crippen LogP contribution is 2.06. The second-order valence-electron chi connectivity index (χ2n) is 4.84. The maximum Gasteiger partial charge on any atom is 0.328 e. The number of carbonyl (C=O) groups is 2. The van der Waals surface area contributed by atoms with Gasteiger partial charge in [0.2, 0.25) is 5.91 Å². The zero-order valence-electron chi connectivity index (χ0n) is 12.4. The van der Waals surface area contributed by atoms with E-state index in [-0.39, 0.29) is 24.3 Å². The van der Waals surface area contributed by atoms with Crippen molar-refractivity contribution in [3.05, 3.63) is 40.3 Å². The van der Waals surface area contributed by atoms with Crippen molar-refractivity contribution in [3.8, 4) is 0 Å². The van der Waals surface area contributed by atoms with Gasteiger partial charge in [0.05, 0.1) is 18.1 Å². The Labute approximate surface area is 126 Å². The van der Waals surface area contributed by atoms with E-state index >= 15 is 0 Å². The van der Waals surface area contributed by atoms with Crippen LogP contribution in [0.25, 0.3) is 11.0 Å². The molecule has 7 nitrogen and oxygen atoms in total. The number of aryl methyl sites for hydroxylation is 1. The number of benzene rings is 1. The number of amides is 1. The van der Waals surface area contributed by atoms with E-state index in [0.29, 0.717) is 16.7 Å². The van der Waals surface area contributed by atoms with Crippen LogP contribution in [0.5, 0.6) is 0 Å². The highest BCUT2D eigenvalue weighted by Gasteiger charge is 2.16. The van der Waals surface area contributed by atoms with Crippen molar-refractivity contribution in [2.45, 2.75) is 25.8 Å². The second-order valence-corrected chi connectivity index (χ2v) is 4.84. The molecule has 2 N–H and O–H groups in total. The molecule has 0 aliphatic rings. The molecule has 0 spiro atoms. The Hall–Kier alpha value is -2.70.